The van der Waals surface area contributed by atoms with Crippen molar-refractivity contribution in [1.29, 1.82) is 0 Å². The van der Waals surface area contributed by atoms with Crippen molar-refractivity contribution in [3.8, 4) is 0 Å². The van der Waals surface area contributed by atoms with Gasteiger partial charge in [-0.05, 0) is 31.9 Å². The molecule has 3 aromatic rings. The van der Waals surface area contributed by atoms with E-state index in [0.717, 1.165) is 17.6 Å². The summed E-state index contributed by atoms with van der Waals surface area (Å²) in [5, 5.41) is 14.1. The van der Waals surface area contributed by atoms with Gasteiger partial charge in [0.25, 0.3) is 0 Å². The van der Waals surface area contributed by atoms with Crippen LogP contribution in [0, 0.1) is 6.92 Å². The van der Waals surface area contributed by atoms with E-state index >= 15 is 0 Å². The first kappa shape index (κ1) is 18.4. The summed E-state index contributed by atoms with van der Waals surface area (Å²) in [7, 11) is 0. The van der Waals surface area contributed by atoms with E-state index < -0.39 is 6.09 Å². The molecular formula is C18H22N6O3. The van der Waals surface area contributed by atoms with Crippen molar-refractivity contribution in [2.75, 3.05) is 18.5 Å². The third-order valence-electron chi connectivity index (χ3n) is 4.07. The maximum Gasteiger partial charge on any atom is 0.412 e. The van der Waals surface area contributed by atoms with Crippen molar-refractivity contribution in [3.05, 3.63) is 41.7 Å². The third kappa shape index (κ3) is 4.63. The van der Waals surface area contributed by atoms with Crippen LogP contribution in [0.2, 0.25) is 0 Å². The van der Waals surface area contributed by atoms with E-state index in [2.05, 4.69) is 32.0 Å². The minimum atomic E-state index is -0.608. The number of benzene rings is 1. The molecular weight excluding hydrogens is 348 g/mol. The van der Waals surface area contributed by atoms with E-state index in [0.29, 0.717) is 6.54 Å². The first-order chi connectivity index (χ1) is 13.1. The summed E-state index contributed by atoms with van der Waals surface area (Å²) in [6.45, 7) is 4.54. The monoisotopic (exact) mass is 370 g/mol. The van der Waals surface area contributed by atoms with Crippen molar-refractivity contribution in [2.45, 2.75) is 26.8 Å². The zero-order valence-electron chi connectivity index (χ0n) is 15.3. The van der Waals surface area contributed by atoms with E-state index in [4.69, 9.17) is 4.74 Å². The van der Waals surface area contributed by atoms with Gasteiger partial charge in [0.2, 0.25) is 5.91 Å². The number of aryl methyl sites for hydroxylation is 1. The maximum absolute atomic E-state index is 12.1. The smallest absolute Gasteiger partial charge is 0.412 e. The van der Waals surface area contributed by atoms with Gasteiger partial charge >= 0.3 is 6.09 Å². The fourth-order valence-corrected chi connectivity index (χ4v) is 2.89. The summed E-state index contributed by atoms with van der Waals surface area (Å²) >= 11 is 0. The standard InChI is InChI=1S/C18H22N6O3/c1-3-27-18(26)21-16-10-24(23-22-16)11-17(25)19-9-8-13-12(2)20-15-7-5-4-6-14(13)15/h4-7,10,20H,3,8-9,11H2,1-2H3,(H,19,25)(H,21,26). The number of carbonyl (C=O) groups excluding carboxylic acids is 2. The van der Waals surface area contributed by atoms with Gasteiger partial charge < -0.3 is 15.0 Å². The number of hydrogen-bond acceptors (Lipinski definition) is 5. The van der Waals surface area contributed by atoms with Crippen LogP contribution in [0.15, 0.2) is 30.5 Å². The fourth-order valence-electron chi connectivity index (χ4n) is 2.89. The molecule has 9 heteroatoms. The van der Waals surface area contributed by atoms with Crippen molar-refractivity contribution in [2.24, 2.45) is 0 Å². The summed E-state index contributed by atoms with van der Waals surface area (Å²) in [4.78, 5) is 26.8. The van der Waals surface area contributed by atoms with Gasteiger partial charge in [-0.2, -0.15) is 0 Å². The zero-order chi connectivity index (χ0) is 19.2. The van der Waals surface area contributed by atoms with Gasteiger partial charge in [-0.25, -0.2) is 9.48 Å². The lowest BCUT2D eigenvalue weighted by molar-refractivity contribution is -0.121. The second-order valence-electron chi connectivity index (χ2n) is 6.02. The number of amides is 2. The molecule has 0 aliphatic rings. The fraction of sp³-hybridized carbons (Fsp3) is 0.333. The first-order valence-corrected chi connectivity index (χ1v) is 8.73. The molecule has 0 unspecified atom stereocenters. The Labute approximate surface area is 156 Å². The lowest BCUT2D eigenvalue weighted by Gasteiger charge is -2.05. The summed E-state index contributed by atoms with van der Waals surface area (Å²) < 4.78 is 6.11. The molecule has 3 rings (SSSR count). The summed E-state index contributed by atoms with van der Waals surface area (Å²) in [6.07, 6.45) is 1.60. The van der Waals surface area contributed by atoms with Gasteiger partial charge in [0, 0.05) is 23.1 Å². The second kappa shape index (κ2) is 8.35. The number of hydrogen-bond donors (Lipinski definition) is 3. The minimum absolute atomic E-state index is 0.0182. The normalized spacial score (nSPS) is 10.7. The van der Waals surface area contributed by atoms with E-state index in [1.807, 2.05) is 25.1 Å². The topological polar surface area (TPSA) is 114 Å². The molecule has 2 aromatic heterocycles. The predicted octanol–water partition coefficient (Wildman–Crippen LogP) is 2.00. The molecule has 0 saturated heterocycles. The summed E-state index contributed by atoms with van der Waals surface area (Å²) in [5.41, 5.74) is 3.41. The predicted molar refractivity (Wildman–Crippen MR) is 100 cm³/mol. The van der Waals surface area contributed by atoms with E-state index in [1.54, 1.807) is 6.92 Å². The number of nitrogens with one attached hydrogen (secondary N) is 3. The van der Waals surface area contributed by atoms with Crippen molar-refractivity contribution < 1.29 is 14.3 Å². The van der Waals surface area contributed by atoms with Crippen LogP contribution in [-0.2, 0) is 22.5 Å². The second-order valence-corrected chi connectivity index (χ2v) is 6.02. The Morgan fingerprint density at radius 2 is 2.11 bits per heavy atom. The van der Waals surface area contributed by atoms with E-state index in [1.165, 1.54) is 21.8 Å². The lowest BCUT2D eigenvalue weighted by atomic mass is 10.1. The molecule has 0 fully saturated rings. The Balaban J connectivity index is 1.49. The number of aromatic nitrogens is 4. The van der Waals surface area contributed by atoms with Gasteiger partial charge in [-0.1, -0.05) is 23.4 Å². The number of nitrogens with zero attached hydrogens (tertiary/aromatic N) is 3. The zero-order valence-corrected chi connectivity index (χ0v) is 15.3. The van der Waals surface area contributed by atoms with Crippen LogP contribution in [-0.4, -0.2) is 45.1 Å². The number of para-hydroxylation sites is 1. The highest BCUT2D eigenvalue weighted by Crippen LogP contribution is 2.21. The molecule has 0 spiro atoms. The van der Waals surface area contributed by atoms with Gasteiger partial charge in [0.1, 0.15) is 6.54 Å². The molecule has 0 saturated carbocycles. The van der Waals surface area contributed by atoms with Gasteiger partial charge in [-0.3, -0.25) is 10.1 Å². The number of ether oxygens (including phenoxy) is 1. The SMILES string of the molecule is CCOC(=O)Nc1cn(CC(=O)NCCc2c(C)[nH]c3ccccc23)nn1. The van der Waals surface area contributed by atoms with Gasteiger partial charge in [0.15, 0.2) is 5.82 Å². The van der Waals surface area contributed by atoms with Crippen LogP contribution >= 0.6 is 0 Å². The average Bonchev–Trinajstić information content (AvgIpc) is 3.19. The Bertz CT molecular complexity index is 946. The number of rotatable bonds is 7. The summed E-state index contributed by atoms with van der Waals surface area (Å²) in [5.74, 6) is 0.0516. The van der Waals surface area contributed by atoms with E-state index in [9.17, 15) is 9.59 Å². The molecule has 2 heterocycles. The highest BCUT2D eigenvalue weighted by molar-refractivity contribution is 5.85. The quantitative estimate of drug-likeness (QED) is 0.588. The molecule has 0 aliphatic carbocycles. The van der Waals surface area contributed by atoms with Crippen LogP contribution in [0.3, 0.4) is 0 Å². The first-order valence-electron chi connectivity index (χ1n) is 8.73. The average molecular weight is 370 g/mol. The maximum atomic E-state index is 12.1. The largest absolute Gasteiger partial charge is 0.450 e. The summed E-state index contributed by atoms with van der Waals surface area (Å²) in [6, 6.07) is 8.11. The van der Waals surface area contributed by atoms with Crippen molar-refractivity contribution in [1.82, 2.24) is 25.3 Å². The molecule has 3 N–H and O–H groups in total. The molecule has 0 aliphatic heterocycles. The molecule has 0 radical (unpaired) electrons. The Hall–Kier alpha value is -3.36. The van der Waals surface area contributed by atoms with Crippen molar-refractivity contribution >= 4 is 28.7 Å². The molecule has 9 nitrogen and oxygen atoms in total. The van der Waals surface area contributed by atoms with Gasteiger partial charge in [0.05, 0.1) is 12.8 Å². The Morgan fingerprint density at radius 3 is 2.93 bits per heavy atom. The molecule has 142 valence electrons. The highest BCUT2D eigenvalue weighted by Gasteiger charge is 2.10. The molecule has 0 bridgehead atoms. The van der Waals surface area contributed by atoms with Crippen LogP contribution < -0.4 is 10.6 Å². The Morgan fingerprint density at radius 1 is 1.30 bits per heavy atom. The molecule has 0 atom stereocenters. The number of H-pyrrole nitrogens is 1. The van der Waals surface area contributed by atoms with Gasteiger partial charge in [-0.15, -0.1) is 5.10 Å². The highest BCUT2D eigenvalue weighted by atomic mass is 16.5. The van der Waals surface area contributed by atoms with E-state index in [-0.39, 0.29) is 24.9 Å². The third-order valence-corrected chi connectivity index (χ3v) is 4.07. The number of anilines is 1. The van der Waals surface area contributed by atoms with Crippen LogP contribution in [0.4, 0.5) is 10.6 Å². The van der Waals surface area contributed by atoms with Crippen LogP contribution in [0.1, 0.15) is 18.2 Å². The molecule has 27 heavy (non-hydrogen) atoms. The number of carbonyl (C=O) groups is 2. The minimum Gasteiger partial charge on any atom is -0.450 e. The molecule has 2 amide bonds. The number of aromatic amines is 1. The van der Waals surface area contributed by atoms with Crippen LogP contribution in [0.25, 0.3) is 10.9 Å². The molecule has 1 aromatic carbocycles. The Kier molecular flexibility index (Phi) is 5.70. The van der Waals surface area contributed by atoms with Crippen molar-refractivity contribution in [3.63, 3.8) is 0 Å². The number of fused-ring (bicyclic) bond motifs is 1. The lowest BCUT2D eigenvalue weighted by Crippen LogP contribution is -2.29. The van der Waals surface area contributed by atoms with Crippen LogP contribution in [0.5, 0.6) is 0 Å².